The van der Waals surface area contributed by atoms with E-state index in [1.807, 2.05) is 0 Å². The van der Waals surface area contributed by atoms with E-state index in [-0.39, 0.29) is 35.0 Å². The number of rotatable bonds is 9. The van der Waals surface area contributed by atoms with Crippen molar-refractivity contribution in [1.82, 2.24) is 14.5 Å². The van der Waals surface area contributed by atoms with E-state index in [1.54, 1.807) is 44.5 Å². The number of anilines is 1. The van der Waals surface area contributed by atoms with Gasteiger partial charge in [-0.15, -0.1) is 11.6 Å². The lowest BCUT2D eigenvalue weighted by molar-refractivity contribution is -0.155. The van der Waals surface area contributed by atoms with Crippen LogP contribution in [0.15, 0.2) is 60.0 Å². The molecule has 0 aliphatic heterocycles. The maximum absolute atomic E-state index is 14.1. The number of imidazole rings is 1. The summed E-state index contributed by atoms with van der Waals surface area (Å²) in [4.78, 5) is 20.5. The average Bonchev–Trinajstić information content (AvgIpc) is 3.17. The molecule has 1 unspecified atom stereocenters. The van der Waals surface area contributed by atoms with Crippen molar-refractivity contribution in [2.45, 2.75) is 45.9 Å². The fourth-order valence-corrected chi connectivity index (χ4v) is 3.45. The van der Waals surface area contributed by atoms with Gasteiger partial charge < -0.3 is 19.8 Å². The summed E-state index contributed by atoms with van der Waals surface area (Å²) in [7, 11) is 0. The largest absolute Gasteiger partial charge is 0.482 e. The molecule has 0 saturated heterocycles. The number of carbonyl (C=O) groups excluding carboxylic acids is 1. The lowest BCUT2D eigenvalue weighted by Gasteiger charge is -2.19. The lowest BCUT2D eigenvalue weighted by atomic mass is 10.1. The fourth-order valence-electron chi connectivity index (χ4n) is 2.75. The van der Waals surface area contributed by atoms with Gasteiger partial charge in [-0.1, -0.05) is 24.3 Å². The van der Waals surface area contributed by atoms with Crippen LogP contribution in [-0.2, 0) is 16.1 Å². The van der Waals surface area contributed by atoms with Crippen LogP contribution >= 0.6 is 23.2 Å². The molecule has 0 aliphatic carbocycles. The van der Waals surface area contributed by atoms with Crippen LogP contribution in [0.1, 0.15) is 27.7 Å². The maximum atomic E-state index is 14.1. The van der Waals surface area contributed by atoms with Gasteiger partial charge in [0.15, 0.2) is 11.6 Å². The zero-order valence-corrected chi connectivity index (χ0v) is 20.5. The topological polar surface area (TPSA) is 92.3 Å². The Labute approximate surface area is 202 Å². The molecule has 0 aromatic carbocycles. The first-order valence-corrected chi connectivity index (χ1v) is 11.0. The van der Waals surface area contributed by atoms with Gasteiger partial charge in [0.2, 0.25) is 0 Å². The number of esters is 1. The molecule has 2 aromatic rings. The zero-order valence-electron chi connectivity index (χ0n) is 18.9. The lowest BCUT2D eigenvalue weighted by Crippen LogP contribution is -2.26. The van der Waals surface area contributed by atoms with Gasteiger partial charge in [-0.25, -0.2) is 14.4 Å². The third-order valence-electron chi connectivity index (χ3n) is 4.24. The standard InChI is InChI=1S/C23H27Cl2FN4O3/c1-6-7-17(26)21(25)16(9-24)14(2)32-19-8-15(10-28-22(19)27)18-11-30(13-29-18)12-20(31)33-23(3,4)5/h6-8,10-11,13-14H,1,9,12H2,2-5H3,(H2,27,28)/b17-7+,21-16-. The van der Waals surface area contributed by atoms with Gasteiger partial charge in [0.1, 0.15) is 24.1 Å². The number of ether oxygens (including phenoxy) is 2. The monoisotopic (exact) mass is 496 g/mol. The molecule has 2 heterocycles. The van der Waals surface area contributed by atoms with Crippen molar-refractivity contribution >= 4 is 35.0 Å². The minimum absolute atomic E-state index is 0.0131. The third-order valence-corrected chi connectivity index (χ3v) is 4.95. The molecule has 0 saturated carbocycles. The Morgan fingerprint density at radius 3 is 2.70 bits per heavy atom. The van der Waals surface area contributed by atoms with E-state index in [0.717, 1.165) is 6.08 Å². The number of nitrogen functional groups attached to an aromatic ring is 1. The Balaban J connectivity index is 2.24. The van der Waals surface area contributed by atoms with Gasteiger partial charge in [0, 0.05) is 29.4 Å². The molecule has 0 fully saturated rings. The number of nitrogens with two attached hydrogens (primary N) is 1. The number of hydrogen-bond donors (Lipinski definition) is 1. The molecule has 10 heteroatoms. The van der Waals surface area contributed by atoms with Crippen LogP contribution < -0.4 is 10.5 Å². The van der Waals surface area contributed by atoms with Gasteiger partial charge in [0.05, 0.1) is 17.1 Å². The Morgan fingerprint density at radius 2 is 2.09 bits per heavy atom. The Bertz CT molecular complexity index is 1070. The fraction of sp³-hybridized carbons (Fsp3) is 0.348. The minimum atomic E-state index is -0.692. The van der Waals surface area contributed by atoms with Crippen molar-refractivity contribution in [2.75, 3.05) is 11.6 Å². The molecule has 0 spiro atoms. The number of allylic oxidation sites excluding steroid dienone is 4. The molecule has 178 valence electrons. The summed E-state index contributed by atoms with van der Waals surface area (Å²) in [5.74, 6) is -0.726. The summed E-state index contributed by atoms with van der Waals surface area (Å²) in [5.41, 5.74) is 6.88. The van der Waals surface area contributed by atoms with Crippen LogP contribution in [0.5, 0.6) is 5.75 Å². The molecule has 0 bridgehead atoms. The molecule has 2 N–H and O–H groups in total. The Hall–Kier alpha value is -2.84. The molecule has 0 radical (unpaired) electrons. The summed E-state index contributed by atoms with van der Waals surface area (Å²) in [6.07, 6.45) is 6.45. The van der Waals surface area contributed by atoms with Crippen molar-refractivity contribution < 1.29 is 18.7 Å². The summed E-state index contributed by atoms with van der Waals surface area (Å²) in [5, 5.41) is -0.152. The second kappa shape index (κ2) is 11.3. The van der Waals surface area contributed by atoms with Gasteiger partial charge in [0.25, 0.3) is 0 Å². The molecule has 2 aromatic heterocycles. The van der Waals surface area contributed by atoms with Crippen LogP contribution in [0.4, 0.5) is 10.2 Å². The Kier molecular flexibility index (Phi) is 9.07. The smallest absolute Gasteiger partial charge is 0.326 e. The average molecular weight is 497 g/mol. The molecule has 33 heavy (non-hydrogen) atoms. The Morgan fingerprint density at radius 1 is 1.39 bits per heavy atom. The predicted octanol–water partition coefficient (Wildman–Crippen LogP) is 5.41. The number of carbonyl (C=O) groups is 1. The predicted molar refractivity (Wildman–Crippen MR) is 129 cm³/mol. The maximum Gasteiger partial charge on any atom is 0.326 e. The first kappa shape index (κ1) is 26.4. The minimum Gasteiger partial charge on any atom is -0.482 e. The van der Waals surface area contributed by atoms with Crippen molar-refractivity contribution in [3.05, 3.63) is 60.0 Å². The molecular weight excluding hydrogens is 470 g/mol. The molecule has 0 aliphatic rings. The summed E-state index contributed by atoms with van der Waals surface area (Å²) in [6.45, 7) is 10.5. The second-order valence-corrected chi connectivity index (χ2v) is 8.75. The summed E-state index contributed by atoms with van der Waals surface area (Å²) in [6, 6.07) is 1.65. The number of aromatic nitrogens is 3. The van der Waals surface area contributed by atoms with E-state index in [9.17, 15) is 9.18 Å². The number of halogens is 3. The van der Waals surface area contributed by atoms with E-state index in [0.29, 0.717) is 16.8 Å². The molecule has 0 amide bonds. The highest BCUT2D eigenvalue weighted by molar-refractivity contribution is 6.33. The molecular formula is C23H27Cl2FN4O3. The number of pyridine rings is 1. The normalized spacial score (nSPS) is 13.8. The van der Waals surface area contributed by atoms with E-state index < -0.39 is 17.5 Å². The summed E-state index contributed by atoms with van der Waals surface area (Å²) < 4.78 is 26.9. The highest BCUT2D eigenvalue weighted by atomic mass is 35.5. The van der Waals surface area contributed by atoms with Crippen LogP contribution in [0.25, 0.3) is 11.3 Å². The third kappa shape index (κ3) is 7.61. The van der Waals surface area contributed by atoms with Crippen molar-refractivity contribution in [3.8, 4) is 17.0 Å². The first-order valence-electron chi connectivity index (χ1n) is 10.0. The highest BCUT2D eigenvalue weighted by Crippen LogP contribution is 2.30. The van der Waals surface area contributed by atoms with E-state index in [2.05, 4.69) is 16.5 Å². The van der Waals surface area contributed by atoms with Crippen molar-refractivity contribution in [3.63, 3.8) is 0 Å². The molecule has 1 atom stereocenters. The van der Waals surface area contributed by atoms with E-state index in [1.165, 1.54) is 18.6 Å². The first-order chi connectivity index (χ1) is 15.4. The van der Waals surface area contributed by atoms with Gasteiger partial charge in [-0.2, -0.15) is 0 Å². The van der Waals surface area contributed by atoms with Gasteiger partial charge in [-0.3, -0.25) is 4.79 Å². The van der Waals surface area contributed by atoms with E-state index in [4.69, 9.17) is 38.4 Å². The quantitative estimate of drug-likeness (QED) is 0.283. The van der Waals surface area contributed by atoms with Crippen molar-refractivity contribution in [2.24, 2.45) is 0 Å². The van der Waals surface area contributed by atoms with Crippen LogP contribution in [0.3, 0.4) is 0 Å². The number of hydrogen-bond acceptors (Lipinski definition) is 6. The molecule has 7 nitrogen and oxygen atoms in total. The summed E-state index contributed by atoms with van der Waals surface area (Å²) >= 11 is 12.1. The van der Waals surface area contributed by atoms with Crippen LogP contribution in [0.2, 0.25) is 0 Å². The van der Waals surface area contributed by atoms with Crippen LogP contribution in [0, 0.1) is 0 Å². The SMILES string of the molecule is C=C/C=C(F)\C(Cl)=C(/CCl)C(C)Oc1cc(-c2cn(CC(=O)OC(C)(C)C)cn2)cnc1N. The second-order valence-electron chi connectivity index (χ2n) is 8.11. The zero-order chi connectivity index (χ0) is 24.8. The molecule has 2 rings (SSSR count). The van der Waals surface area contributed by atoms with E-state index >= 15 is 0 Å². The van der Waals surface area contributed by atoms with Gasteiger partial charge >= 0.3 is 5.97 Å². The number of nitrogens with zero attached hydrogens (tertiary/aromatic N) is 3. The highest BCUT2D eigenvalue weighted by Gasteiger charge is 2.20. The number of alkyl halides is 1. The van der Waals surface area contributed by atoms with Crippen LogP contribution in [-0.4, -0.2) is 38.1 Å². The van der Waals surface area contributed by atoms with Gasteiger partial charge in [-0.05, 0) is 39.8 Å². The van der Waals surface area contributed by atoms with Crippen molar-refractivity contribution in [1.29, 1.82) is 0 Å².